The Balaban J connectivity index is 1.92. The first-order chi connectivity index (χ1) is 11.9. The van der Waals surface area contributed by atoms with Gasteiger partial charge in [0.05, 0.1) is 15.6 Å². The fourth-order valence-electron chi connectivity index (χ4n) is 1.70. The molecule has 0 aliphatic carbocycles. The van der Waals surface area contributed by atoms with Crippen molar-refractivity contribution in [1.29, 1.82) is 0 Å². The predicted octanol–water partition coefficient (Wildman–Crippen LogP) is 3.35. The lowest BCUT2D eigenvalue weighted by Crippen LogP contribution is -2.24. The molecule has 0 saturated heterocycles. The van der Waals surface area contributed by atoms with Gasteiger partial charge in [0.15, 0.2) is 6.61 Å². The number of phenols is 1. The number of rotatable bonds is 6. The van der Waals surface area contributed by atoms with Crippen molar-refractivity contribution in [2.75, 3.05) is 6.61 Å². The van der Waals surface area contributed by atoms with Gasteiger partial charge in [0.25, 0.3) is 11.6 Å². The molecule has 0 spiro atoms. The predicted molar refractivity (Wildman–Crippen MR) is 97.8 cm³/mol. The molecule has 0 unspecified atom stereocenters. The highest BCUT2D eigenvalue weighted by Crippen LogP contribution is 2.28. The van der Waals surface area contributed by atoms with Crippen LogP contribution in [0.25, 0.3) is 0 Å². The van der Waals surface area contributed by atoms with Crippen molar-refractivity contribution in [3.05, 3.63) is 61.0 Å². The van der Waals surface area contributed by atoms with Crippen molar-refractivity contribution >= 4 is 49.7 Å². The Labute approximate surface area is 158 Å². The van der Waals surface area contributed by atoms with E-state index in [1.807, 2.05) is 0 Å². The second kappa shape index (κ2) is 8.58. The number of amides is 1. The fourth-order valence-corrected chi connectivity index (χ4v) is 2.86. The van der Waals surface area contributed by atoms with Gasteiger partial charge in [0, 0.05) is 22.2 Å². The van der Waals surface area contributed by atoms with Crippen LogP contribution in [0, 0.1) is 10.1 Å². The van der Waals surface area contributed by atoms with E-state index in [1.165, 1.54) is 6.07 Å². The zero-order valence-corrected chi connectivity index (χ0v) is 15.7. The van der Waals surface area contributed by atoms with Crippen molar-refractivity contribution in [1.82, 2.24) is 5.43 Å². The van der Waals surface area contributed by atoms with E-state index in [0.29, 0.717) is 10.2 Å². The zero-order valence-electron chi connectivity index (χ0n) is 12.5. The number of hydrogen-bond acceptors (Lipinski definition) is 6. The summed E-state index contributed by atoms with van der Waals surface area (Å²) in [5, 5.41) is 24.0. The number of nitro benzene ring substituents is 1. The van der Waals surface area contributed by atoms with E-state index in [9.17, 15) is 20.0 Å². The molecule has 0 saturated carbocycles. The van der Waals surface area contributed by atoms with E-state index in [4.69, 9.17) is 4.74 Å². The summed E-state index contributed by atoms with van der Waals surface area (Å²) >= 11 is 6.61. The minimum atomic E-state index is -0.598. The molecule has 2 rings (SSSR count). The van der Waals surface area contributed by atoms with E-state index in [2.05, 4.69) is 42.4 Å². The number of ether oxygens (including phenoxy) is 1. The number of non-ortho nitro benzene ring substituents is 1. The highest BCUT2D eigenvalue weighted by Gasteiger charge is 2.09. The van der Waals surface area contributed by atoms with E-state index in [0.717, 1.165) is 22.8 Å². The second-order valence-corrected chi connectivity index (χ2v) is 6.43. The molecule has 0 bridgehead atoms. The van der Waals surface area contributed by atoms with Gasteiger partial charge in [0.1, 0.15) is 11.5 Å². The molecule has 25 heavy (non-hydrogen) atoms. The average Bonchev–Trinajstić information content (AvgIpc) is 2.55. The third-order valence-corrected chi connectivity index (χ3v) is 3.98. The molecule has 0 heterocycles. The number of nitrogens with one attached hydrogen (secondary N) is 1. The summed E-state index contributed by atoms with van der Waals surface area (Å²) in [6, 6.07) is 8.70. The summed E-state index contributed by atoms with van der Waals surface area (Å²) in [4.78, 5) is 21.8. The summed E-state index contributed by atoms with van der Waals surface area (Å²) in [6.07, 6.45) is 1.11. The maximum Gasteiger partial charge on any atom is 0.277 e. The van der Waals surface area contributed by atoms with Crippen molar-refractivity contribution < 1.29 is 19.6 Å². The monoisotopic (exact) mass is 471 g/mol. The molecule has 8 nitrogen and oxygen atoms in total. The Bertz CT molecular complexity index is 842. The van der Waals surface area contributed by atoms with Crippen LogP contribution < -0.4 is 10.2 Å². The van der Waals surface area contributed by atoms with E-state index in [-0.39, 0.29) is 23.6 Å². The molecule has 0 aliphatic rings. The summed E-state index contributed by atoms with van der Waals surface area (Å²) < 4.78 is 6.88. The number of benzene rings is 2. The van der Waals surface area contributed by atoms with Crippen LogP contribution in [0.2, 0.25) is 0 Å². The van der Waals surface area contributed by atoms with Crippen LogP contribution in [0.1, 0.15) is 5.56 Å². The Kier molecular flexibility index (Phi) is 6.48. The van der Waals surface area contributed by atoms with Gasteiger partial charge in [-0.3, -0.25) is 14.9 Å². The van der Waals surface area contributed by atoms with Crippen molar-refractivity contribution in [3.63, 3.8) is 0 Å². The van der Waals surface area contributed by atoms with E-state index >= 15 is 0 Å². The van der Waals surface area contributed by atoms with Gasteiger partial charge in [-0.2, -0.15) is 5.10 Å². The summed E-state index contributed by atoms with van der Waals surface area (Å²) in [7, 11) is 0. The maximum atomic E-state index is 11.7. The molecule has 2 aromatic carbocycles. The molecule has 2 aromatic rings. The quantitative estimate of drug-likeness (QED) is 0.380. The number of halogens is 2. The Morgan fingerprint density at radius 2 is 2.08 bits per heavy atom. The van der Waals surface area contributed by atoms with Gasteiger partial charge < -0.3 is 9.84 Å². The number of aromatic hydroxyl groups is 1. The van der Waals surface area contributed by atoms with Gasteiger partial charge in [-0.1, -0.05) is 15.9 Å². The van der Waals surface area contributed by atoms with Gasteiger partial charge >= 0.3 is 0 Å². The Morgan fingerprint density at radius 3 is 2.76 bits per heavy atom. The third-order valence-electron chi connectivity index (χ3n) is 2.87. The molecule has 2 N–H and O–H groups in total. The first kappa shape index (κ1) is 18.9. The van der Waals surface area contributed by atoms with Crippen LogP contribution >= 0.6 is 31.9 Å². The van der Waals surface area contributed by atoms with Gasteiger partial charge in [-0.25, -0.2) is 5.43 Å². The second-order valence-electron chi connectivity index (χ2n) is 4.66. The minimum Gasteiger partial charge on any atom is -0.507 e. The lowest BCUT2D eigenvalue weighted by molar-refractivity contribution is -0.384. The zero-order chi connectivity index (χ0) is 18.4. The van der Waals surface area contributed by atoms with E-state index in [1.54, 1.807) is 18.2 Å². The molecule has 0 atom stereocenters. The minimum absolute atomic E-state index is 0.103. The smallest absolute Gasteiger partial charge is 0.277 e. The highest BCUT2D eigenvalue weighted by molar-refractivity contribution is 9.11. The lowest BCUT2D eigenvalue weighted by atomic mass is 10.2. The molecule has 130 valence electrons. The van der Waals surface area contributed by atoms with Crippen LogP contribution in [0.5, 0.6) is 11.5 Å². The van der Waals surface area contributed by atoms with Crippen LogP contribution in [0.15, 0.2) is 50.4 Å². The first-order valence-electron chi connectivity index (χ1n) is 6.74. The standard InChI is InChI=1S/C15H11Br2N3O5/c16-10-1-4-14(12(17)6-10)25-8-15(22)19-18-7-9-5-11(20(23)24)2-3-13(9)21/h1-7,21H,8H2,(H,19,22)/b18-7+. The largest absolute Gasteiger partial charge is 0.507 e. The number of carbonyl (C=O) groups excluding carboxylic acids is 1. The van der Waals surface area contributed by atoms with Crippen molar-refractivity contribution in [2.45, 2.75) is 0 Å². The third kappa shape index (κ3) is 5.54. The summed E-state index contributed by atoms with van der Waals surface area (Å²) in [6.45, 7) is -0.279. The molecule has 0 fully saturated rings. The topological polar surface area (TPSA) is 114 Å². The molecule has 10 heteroatoms. The Hall–Kier alpha value is -2.46. The molecular formula is C15H11Br2N3O5. The van der Waals surface area contributed by atoms with Gasteiger partial charge in [-0.15, -0.1) is 0 Å². The van der Waals surface area contributed by atoms with Gasteiger partial charge in [0.2, 0.25) is 0 Å². The molecule has 0 aliphatic heterocycles. The van der Waals surface area contributed by atoms with Crippen molar-refractivity contribution in [2.24, 2.45) is 5.10 Å². The first-order valence-corrected chi connectivity index (χ1v) is 8.32. The molecule has 0 radical (unpaired) electrons. The molecule has 0 aromatic heterocycles. The maximum absolute atomic E-state index is 11.7. The average molecular weight is 473 g/mol. The molecular weight excluding hydrogens is 462 g/mol. The van der Waals surface area contributed by atoms with Crippen LogP contribution in [0.4, 0.5) is 5.69 Å². The number of nitro groups is 1. The number of hydrazone groups is 1. The SMILES string of the molecule is O=C(COc1ccc(Br)cc1Br)N/N=C/c1cc([N+](=O)[O-])ccc1O. The number of carbonyl (C=O) groups is 1. The Morgan fingerprint density at radius 1 is 1.32 bits per heavy atom. The number of hydrogen-bond donors (Lipinski definition) is 2. The number of nitrogens with zero attached hydrogens (tertiary/aromatic N) is 2. The fraction of sp³-hybridized carbons (Fsp3) is 0.0667. The van der Waals surface area contributed by atoms with Gasteiger partial charge in [-0.05, 0) is 40.2 Å². The van der Waals surface area contributed by atoms with Crippen LogP contribution in [-0.2, 0) is 4.79 Å². The summed E-state index contributed by atoms with van der Waals surface area (Å²) in [5.41, 5.74) is 2.11. The normalized spacial score (nSPS) is 10.6. The van der Waals surface area contributed by atoms with Crippen LogP contribution in [0.3, 0.4) is 0 Å². The lowest BCUT2D eigenvalue weighted by Gasteiger charge is -2.07. The van der Waals surface area contributed by atoms with Crippen molar-refractivity contribution in [3.8, 4) is 11.5 Å². The molecule has 1 amide bonds. The summed E-state index contributed by atoms with van der Waals surface area (Å²) in [5.74, 6) is -0.242. The highest BCUT2D eigenvalue weighted by atomic mass is 79.9. The van der Waals surface area contributed by atoms with Crippen LogP contribution in [-0.4, -0.2) is 28.8 Å². The van der Waals surface area contributed by atoms with E-state index < -0.39 is 10.8 Å². The number of phenolic OH excluding ortho intramolecular Hbond substituents is 1.